The third-order valence-corrected chi connectivity index (χ3v) is 2.79. The van der Waals surface area contributed by atoms with E-state index in [9.17, 15) is 4.79 Å². The van der Waals surface area contributed by atoms with Gasteiger partial charge in [0.25, 0.3) is 0 Å². The van der Waals surface area contributed by atoms with Gasteiger partial charge in [-0.25, -0.2) is 4.98 Å². The van der Waals surface area contributed by atoms with Crippen molar-refractivity contribution in [3.05, 3.63) is 29.3 Å². The van der Waals surface area contributed by atoms with Crippen LogP contribution in [0.25, 0.3) is 10.2 Å². The number of carboxylic acids is 1. The first-order valence-electron chi connectivity index (χ1n) is 4.00. The van der Waals surface area contributed by atoms with Gasteiger partial charge >= 0.3 is 5.97 Å². The molecular formula is C9H8N2O2S. The topological polar surface area (TPSA) is 76.2 Å². The molecule has 3 N–H and O–H groups in total. The molecule has 0 saturated heterocycles. The van der Waals surface area contributed by atoms with Crippen molar-refractivity contribution in [1.29, 1.82) is 0 Å². The van der Waals surface area contributed by atoms with Crippen molar-refractivity contribution in [2.24, 2.45) is 5.73 Å². The number of rotatable bonds is 2. The van der Waals surface area contributed by atoms with Crippen LogP contribution in [0, 0.1) is 0 Å². The molecule has 0 saturated carbocycles. The third-order valence-electron chi connectivity index (χ3n) is 1.99. The van der Waals surface area contributed by atoms with Crippen LogP contribution in [0.5, 0.6) is 0 Å². The van der Waals surface area contributed by atoms with Gasteiger partial charge in [-0.05, 0) is 6.07 Å². The van der Waals surface area contributed by atoms with Gasteiger partial charge in [-0.3, -0.25) is 4.79 Å². The molecule has 72 valence electrons. The Hall–Kier alpha value is -1.46. The van der Waals surface area contributed by atoms with E-state index in [0.717, 1.165) is 4.70 Å². The first kappa shape index (κ1) is 9.11. The van der Waals surface area contributed by atoms with E-state index in [0.29, 0.717) is 11.1 Å². The lowest BCUT2D eigenvalue weighted by atomic mass is 10.1. The fourth-order valence-electron chi connectivity index (χ4n) is 1.29. The molecule has 0 aliphatic rings. The highest BCUT2D eigenvalue weighted by Gasteiger charge is 2.17. The maximum Gasteiger partial charge on any atom is 0.325 e. The van der Waals surface area contributed by atoms with Crippen molar-refractivity contribution < 1.29 is 9.90 Å². The van der Waals surface area contributed by atoms with E-state index >= 15 is 0 Å². The van der Waals surface area contributed by atoms with Crippen LogP contribution in [-0.4, -0.2) is 16.1 Å². The minimum absolute atomic E-state index is 0.566. The van der Waals surface area contributed by atoms with Crippen molar-refractivity contribution in [2.45, 2.75) is 6.04 Å². The number of hydrogen-bond acceptors (Lipinski definition) is 4. The summed E-state index contributed by atoms with van der Waals surface area (Å²) >= 11 is 1.47. The van der Waals surface area contributed by atoms with Gasteiger partial charge in [0.15, 0.2) is 0 Å². The summed E-state index contributed by atoms with van der Waals surface area (Å²) in [5.41, 5.74) is 8.46. The molecule has 0 fully saturated rings. The Balaban J connectivity index is 2.61. The molecule has 0 bridgehead atoms. The predicted octanol–water partition coefficient (Wildman–Crippen LogP) is 1.38. The number of para-hydroxylation sites is 1. The molecule has 0 spiro atoms. The number of thiazole rings is 1. The predicted molar refractivity (Wildman–Crippen MR) is 54.2 cm³/mol. The van der Waals surface area contributed by atoms with E-state index < -0.39 is 12.0 Å². The number of benzene rings is 1. The Morgan fingerprint density at radius 3 is 3.07 bits per heavy atom. The van der Waals surface area contributed by atoms with Crippen molar-refractivity contribution in [1.82, 2.24) is 4.98 Å². The Morgan fingerprint density at radius 1 is 1.57 bits per heavy atom. The van der Waals surface area contributed by atoms with Gasteiger partial charge in [-0.2, -0.15) is 0 Å². The molecule has 0 amide bonds. The van der Waals surface area contributed by atoms with E-state index in [1.165, 1.54) is 11.3 Å². The molecule has 2 aromatic rings. The van der Waals surface area contributed by atoms with Crippen molar-refractivity contribution in [2.75, 3.05) is 0 Å². The molecule has 14 heavy (non-hydrogen) atoms. The van der Waals surface area contributed by atoms with Crippen molar-refractivity contribution in [3.8, 4) is 0 Å². The number of nitrogens with two attached hydrogens (primary N) is 1. The lowest BCUT2D eigenvalue weighted by molar-refractivity contribution is -0.138. The summed E-state index contributed by atoms with van der Waals surface area (Å²) in [6.45, 7) is 0. The van der Waals surface area contributed by atoms with E-state index in [-0.39, 0.29) is 0 Å². The molecular weight excluding hydrogens is 200 g/mol. The maximum absolute atomic E-state index is 10.7. The third kappa shape index (κ3) is 1.36. The number of hydrogen-bond donors (Lipinski definition) is 2. The number of nitrogens with zero attached hydrogens (tertiary/aromatic N) is 1. The second-order valence-corrected chi connectivity index (χ2v) is 3.75. The van der Waals surface area contributed by atoms with Gasteiger partial charge in [0.2, 0.25) is 0 Å². The Bertz CT molecular complexity index is 480. The molecule has 1 aromatic carbocycles. The quantitative estimate of drug-likeness (QED) is 0.781. The van der Waals surface area contributed by atoms with Gasteiger partial charge in [-0.15, -0.1) is 11.3 Å². The van der Waals surface area contributed by atoms with Crippen LogP contribution in [0.1, 0.15) is 11.6 Å². The number of carboxylic acid groups (broad SMARTS) is 1. The zero-order valence-electron chi connectivity index (χ0n) is 7.18. The van der Waals surface area contributed by atoms with Crippen LogP contribution in [0.2, 0.25) is 0 Å². The summed E-state index contributed by atoms with van der Waals surface area (Å²) in [7, 11) is 0. The minimum Gasteiger partial charge on any atom is -0.480 e. The van der Waals surface area contributed by atoms with Crippen LogP contribution in [-0.2, 0) is 4.79 Å². The monoisotopic (exact) mass is 208 g/mol. The smallest absolute Gasteiger partial charge is 0.325 e. The fraction of sp³-hybridized carbons (Fsp3) is 0.111. The summed E-state index contributed by atoms with van der Waals surface area (Å²) in [6.07, 6.45) is 0. The molecule has 1 heterocycles. The number of aromatic nitrogens is 1. The lowest BCUT2D eigenvalue weighted by Gasteiger charge is -2.06. The largest absolute Gasteiger partial charge is 0.480 e. The van der Waals surface area contributed by atoms with Crippen LogP contribution in [0.4, 0.5) is 0 Å². The van der Waals surface area contributed by atoms with Crippen LogP contribution >= 0.6 is 11.3 Å². The molecule has 0 radical (unpaired) electrons. The molecule has 1 atom stereocenters. The highest BCUT2D eigenvalue weighted by molar-refractivity contribution is 7.16. The normalized spacial score (nSPS) is 12.9. The molecule has 1 unspecified atom stereocenters. The molecule has 5 heteroatoms. The summed E-state index contributed by atoms with van der Waals surface area (Å²) in [5, 5.41) is 8.78. The number of carbonyl (C=O) groups is 1. The van der Waals surface area contributed by atoms with Crippen LogP contribution < -0.4 is 5.73 Å². The Labute approximate surface area is 84.0 Å². The summed E-state index contributed by atoms with van der Waals surface area (Å²) in [6, 6.07) is 4.38. The van der Waals surface area contributed by atoms with Gasteiger partial charge in [0.1, 0.15) is 6.04 Å². The molecule has 0 aliphatic carbocycles. The zero-order chi connectivity index (χ0) is 10.1. The minimum atomic E-state index is -1.04. The molecule has 4 nitrogen and oxygen atoms in total. The average Bonchev–Trinajstić information content (AvgIpc) is 2.63. The highest BCUT2D eigenvalue weighted by atomic mass is 32.1. The maximum atomic E-state index is 10.7. The van der Waals surface area contributed by atoms with Gasteiger partial charge in [-0.1, -0.05) is 12.1 Å². The number of aliphatic carboxylic acids is 1. The lowest BCUT2D eigenvalue weighted by Crippen LogP contribution is -2.20. The second kappa shape index (κ2) is 3.36. The van der Waals surface area contributed by atoms with E-state index in [1.54, 1.807) is 17.6 Å². The summed E-state index contributed by atoms with van der Waals surface area (Å²) < 4.78 is 0.958. The Morgan fingerprint density at radius 2 is 2.36 bits per heavy atom. The average molecular weight is 208 g/mol. The van der Waals surface area contributed by atoms with Gasteiger partial charge in [0, 0.05) is 5.56 Å². The van der Waals surface area contributed by atoms with E-state index in [1.807, 2.05) is 6.07 Å². The zero-order valence-corrected chi connectivity index (χ0v) is 7.99. The Kier molecular flexibility index (Phi) is 2.18. The number of fused-ring (bicyclic) bond motifs is 1. The van der Waals surface area contributed by atoms with Crippen molar-refractivity contribution >= 4 is 27.5 Å². The first-order valence-corrected chi connectivity index (χ1v) is 4.88. The van der Waals surface area contributed by atoms with Crippen molar-refractivity contribution in [3.63, 3.8) is 0 Å². The van der Waals surface area contributed by atoms with Gasteiger partial charge < -0.3 is 10.8 Å². The van der Waals surface area contributed by atoms with Crippen LogP contribution in [0.3, 0.4) is 0 Å². The molecule has 2 rings (SSSR count). The van der Waals surface area contributed by atoms with Gasteiger partial charge in [0.05, 0.1) is 15.7 Å². The highest BCUT2D eigenvalue weighted by Crippen LogP contribution is 2.24. The summed E-state index contributed by atoms with van der Waals surface area (Å²) in [4.78, 5) is 14.8. The second-order valence-electron chi connectivity index (χ2n) is 2.86. The first-order chi connectivity index (χ1) is 6.70. The van der Waals surface area contributed by atoms with E-state index in [2.05, 4.69) is 4.98 Å². The summed E-state index contributed by atoms with van der Waals surface area (Å²) in [5.74, 6) is -1.04. The molecule has 0 aliphatic heterocycles. The molecule has 1 aromatic heterocycles. The van der Waals surface area contributed by atoms with E-state index in [4.69, 9.17) is 10.8 Å². The fourth-order valence-corrected chi connectivity index (χ4v) is 2.00. The standard InChI is InChI=1S/C9H8N2O2S/c10-7(9(12)13)5-2-1-3-6-8(5)11-4-14-6/h1-4,7H,10H2,(H,12,13). The SMILES string of the molecule is NC(C(=O)O)c1cccc2scnc12. The van der Waals surface area contributed by atoms with Crippen LogP contribution in [0.15, 0.2) is 23.7 Å².